The van der Waals surface area contributed by atoms with E-state index in [2.05, 4.69) is 15.3 Å². The number of thiophene rings is 2. The van der Waals surface area contributed by atoms with Crippen LogP contribution in [-0.2, 0) is 0 Å². The first-order valence-electron chi connectivity index (χ1n) is 6.11. The largest absolute Gasteiger partial charge is 0.396 e. The standard InChI is InChI=1S/C13H11ClN4OS2/c1-6(7-2-3-8(14)20-7)18-12(19)11-9(15)10-13(21-11)17-5-4-16-10/h2-6H,15H2,1H3,(H,18,19). The van der Waals surface area contributed by atoms with Crippen LogP contribution in [0.25, 0.3) is 10.3 Å². The summed E-state index contributed by atoms with van der Waals surface area (Å²) in [6.07, 6.45) is 3.14. The summed E-state index contributed by atoms with van der Waals surface area (Å²) < 4.78 is 0.695. The van der Waals surface area contributed by atoms with E-state index in [1.54, 1.807) is 12.4 Å². The number of rotatable bonds is 3. The van der Waals surface area contributed by atoms with Crippen LogP contribution in [-0.4, -0.2) is 15.9 Å². The van der Waals surface area contributed by atoms with Crippen molar-refractivity contribution < 1.29 is 4.79 Å². The fourth-order valence-electron chi connectivity index (χ4n) is 1.91. The van der Waals surface area contributed by atoms with E-state index in [-0.39, 0.29) is 11.9 Å². The van der Waals surface area contributed by atoms with Gasteiger partial charge in [0, 0.05) is 17.3 Å². The van der Waals surface area contributed by atoms with Crippen LogP contribution < -0.4 is 11.1 Å². The number of nitrogens with two attached hydrogens (primary N) is 1. The van der Waals surface area contributed by atoms with Crippen LogP contribution in [0.5, 0.6) is 0 Å². The fraction of sp³-hybridized carbons (Fsp3) is 0.154. The molecule has 0 aliphatic heterocycles. The highest BCUT2D eigenvalue weighted by Crippen LogP contribution is 2.31. The van der Waals surface area contributed by atoms with E-state index < -0.39 is 0 Å². The molecule has 0 aromatic carbocycles. The minimum Gasteiger partial charge on any atom is -0.396 e. The van der Waals surface area contributed by atoms with Crippen molar-refractivity contribution in [3.05, 3.63) is 38.6 Å². The van der Waals surface area contributed by atoms with Gasteiger partial charge in [-0.25, -0.2) is 9.97 Å². The van der Waals surface area contributed by atoms with Crippen LogP contribution in [0.15, 0.2) is 24.5 Å². The number of fused-ring (bicyclic) bond motifs is 1. The average molecular weight is 339 g/mol. The van der Waals surface area contributed by atoms with E-state index in [9.17, 15) is 4.79 Å². The van der Waals surface area contributed by atoms with Gasteiger partial charge in [-0.3, -0.25) is 4.79 Å². The molecule has 0 saturated heterocycles. The van der Waals surface area contributed by atoms with Crippen molar-refractivity contribution in [1.82, 2.24) is 15.3 Å². The molecule has 3 heterocycles. The van der Waals surface area contributed by atoms with Gasteiger partial charge in [0.05, 0.1) is 16.1 Å². The zero-order valence-electron chi connectivity index (χ0n) is 11.0. The molecule has 0 radical (unpaired) electrons. The lowest BCUT2D eigenvalue weighted by atomic mass is 10.2. The fourth-order valence-corrected chi connectivity index (χ4v) is 3.89. The van der Waals surface area contributed by atoms with Gasteiger partial charge in [0.15, 0.2) is 0 Å². The van der Waals surface area contributed by atoms with Gasteiger partial charge in [-0.2, -0.15) is 0 Å². The van der Waals surface area contributed by atoms with Crippen molar-refractivity contribution in [2.75, 3.05) is 5.73 Å². The van der Waals surface area contributed by atoms with E-state index in [0.29, 0.717) is 25.2 Å². The Labute approximate surface area is 133 Å². The molecule has 0 saturated carbocycles. The van der Waals surface area contributed by atoms with E-state index >= 15 is 0 Å². The number of aromatic nitrogens is 2. The second-order valence-electron chi connectivity index (χ2n) is 4.39. The SMILES string of the molecule is CC(NC(=O)c1sc2nccnc2c1N)c1ccc(Cl)s1. The van der Waals surface area contributed by atoms with Gasteiger partial charge in [0.25, 0.3) is 5.91 Å². The lowest BCUT2D eigenvalue weighted by Crippen LogP contribution is -2.25. The summed E-state index contributed by atoms with van der Waals surface area (Å²) in [5, 5.41) is 2.92. The normalized spacial score (nSPS) is 12.5. The monoisotopic (exact) mass is 338 g/mol. The maximum atomic E-state index is 12.4. The van der Waals surface area contributed by atoms with E-state index in [4.69, 9.17) is 17.3 Å². The summed E-state index contributed by atoms with van der Waals surface area (Å²) >= 11 is 8.59. The molecular formula is C13H11ClN4OS2. The molecule has 3 aromatic rings. The topological polar surface area (TPSA) is 80.9 Å². The van der Waals surface area contributed by atoms with Crippen molar-refractivity contribution in [2.24, 2.45) is 0 Å². The third-order valence-electron chi connectivity index (χ3n) is 2.94. The summed E-state index contributed by atoms with van der Waals surface area (Å²) in [5.74, 6) is -0.227. The van der Waals surface area contributed by atoms with Crippen LogP contribution in [0.1, 0.15) is 27.5 Å². The molecule has 5 nitrogen and oxygen atoms in total. The van der Waals surface area contributed by atoms with Crippen LogP contribution in [0.2, 0.25) is 4.34 Å². The smallest absolute Gasteiger partial charge is 0.264 e. The maximum Gasteiger partial charge on any atom is 0.264 e. The highest BCUT2D eigenvalue weighted by atomic mass is 35.5. The van der Waals surface area contributed by atoms with Gasteiger partial charge < -0.3 is 11.1 Å². The maximum absolute atomic E-state index is 12.4. The molecule has 3 aromatic heterocycles. The zero-order valence-corrected chi connectivity index (χ0v) is 13.4. The third-order valence-corrected chi connectivity index (χ3v) is 5.45. The molecule has 108 valence electrons. The van der Waals surface area contributed by atoms with Crippen LogP contribution in [0.3, 0.4) is 0 Å². The lowest BCUT2D eigenvalue weighted by molar-refractivity contribution is 0.0945. The van der Waals surface area contributed by atoms with Crippen LogP contribution in [0.4, 0.5) is 5.69 Å². The van der Waals surface area contributed by atoms with Crippen molar-refractivity contribution in [3.63, 3.8) is 0 Å². The highest BCUT2D eigenvalue weighted by molar-refractivity contribution is 7.21. The molecule has 8 heteroatoms. The number of amides is 1. The molecule has 21 heavy (non-hydrogen) atoms. The van der Waals surface area contributed by atoms with Gasteiger partial charge in [-0.05, 0) is 19.1 Å². The second-order valence-corrected chi connectivity index (χ2v) is 7.14. The third kappa shape index (κ3) is 2.72. The van der Waals surface area contributed by atoms with E-state index in [0.717, 1.165) is 4.88 Å². The van der Waals surface area contributed by atoms with Crippen molar-refractivity contribution in [3.8, 4) is 0 Å². The molecule has 0 fully saturated rings. The van der Waals surface area contributed by atoms with Crippen LogP contribution in [0, 0.1) is 0 Å². The number of halogens is 1. The number of carbonyl (C=O) groups is 1. The first kappa shape index (κ1) is 14.2. The number of nitrogens with one attached hydrogen (secondary N) is 1. The van der Waals surface area contributed by atoms with Gasteiger partial charge >= 0.3 is 0 Å². The molecule has 1 unspecified atom stereocenters. The van der Waals surface area contributed by atoms with Gasteiger partial charge in [-0.1, -0.05) is 11.6 Å². The summed E-state index contributed by atoms with van der Waals surface area (Å²) in [7, 11) is 0. The quantitative estimate of drug-likeness (QED) is 0.766. The molecule has 1 amide bonds. The Morgan fingerprint density at radius 2 is 2.10 bits per heavy atom. The Kier molecular flexibility index (Phi) is 3.79. The molecule has 0 spiro atoms. The number of anilines is 1. The van der Waals surface area contributed by atoms with Crippen molar-refractivity contribution in [2.45, 2.75) is 13.0 Å². The Morgan fingerprint density at radius 3 is 2.76 bits per heavy atom. The number of nitrogen functional groups attached to an aromatic ring is 1. The second kappa shape index (κ2) is 5.59. The first-order valence-corrected chi connectivity index (χ1v) is 8.12. The predicted octanol–water partition coefficient (Wildman–Crippen LogP) is 3.48. The molecule has 1 atom stereocenters. The summed E-state index contributed by atoms with van der Waals surface area (Å²) in [6.45, 7) is 1.90. The average Bonchev–Trinajstić information content (AvgIpc) is 3.04. The minimum absolute atomic E-state index is 0.138. The predicted molar refractivity (Wildman–Crippen MR) is 87.0 cm³/mol. The first-order chi connectivity index (χ1) is 10.1. The Balaban J connectivity index is 1.85. The summed E-state index contributed by atoms with van der Waals surface area (Å²) in [4.78, 5) is 22.8. The molecule has 3 rings (SSSR count). The van der Waals surface area contributed by atoms with Crippen molar-refractivity contribution in [1.29, 1.82) is 0 Å². The molecule has 0 aliphatic rings. The molecule has 3 N–H and O–H groups in total. The zero-order chi connectivity index (χ0) is 15.0. The van der Waals surface area contributed by atoms with Crippen molar-refractivity contribution >= 4 is 56.2 Å². The number of carbonyl (C=O) groups excluding carboxylic acids is 1. The number of nitrogens with zero attached hydrogens (tertiary/aromatic N) is 2. The van der Waals surface area contributed by atoms with Gasteiger partial charge in [-0.15, -0.1) is 22.7 Å². The Morgan fingerprint density at radius 1 is 1.33 bits per heavy atom. The van der Waals surface area contributed by atoms with E-state index in [1.807, 2.05) is 19.1 Å². The molecular weight excluding hydrogens is 328 g/mol. The Hall–Kier alpha value is -1.70. The summed E-state index contributed by atoms with van der Waals surface area (Å²) in [5.41, 5.74) is 6.93. The van der Waals surface area contributed by atoms with Crippen LogP contribution >= 0.6 is 34.3 Å². The van der Waals surface area contributed by atoms with Gasteiger partial charge in [0.1, 0.15) is 15.2 Å². The lowest BCUT2D eigenvalue weighted by Gasteiger charge is -2.11. The molecule has 0 bridgehead atoms. The molecule has 0 aliphatic carbocycles. The van der Waals surface area contributed by atoms with Gasteiger partial charge in [0.2, 0.25) is 0 Å². The minimum atomic E-state index is -0.227. The highest BCUT2D eigenvalue weighted by Gasteiger charge is 2.20. The Bertz CT molecular complexity index is 813. The number of hydrogen-bond acceptors (Lipinski definition) is 6. The number of hydrogen-bond donors (Lipinski definition) is 2. The summed E-state index contributed by atoms with van der Waals surface area (Å²) in [6, 6.07) is 3.57. The van der Waals surface area contributed by atoms with E-state index in [1.165, 1.54) is 22.7 Å².